The third-order valence-electron chi connectivity index (χ3n) is 2.36. The Bertz CT molecular complexity index is 417. The molecule has 0 spiro atoms. The molecule has 0 aromatic heterocycles. The summed E-state index contributed by atoms with van der Waals surface area (Å²) < 4.78 is 11.1. The molecule has 92 valence electrons. The van der Waals surface area contributed by atoms with E-state index >= 15 is 0 Å². The molecule has 1 aromatic carbocycles. The van der Waals surface area contributed by atoms with Gasteiger partial charge in [-0.2, -0.15) is 5.26 Å². The fourth-order valence-electron chi connectivity index (χ4n) is 1.67. The van der Waals surface area contributed by atoms with Crippen molar-refractivity contribution >= 4 is 8.32 Å². The van der Waals surface area contributed by atoms with Crippen LogP contribution in [0.5, 0.6) is 5.75 Å². The molecular weight excluding hydrogens is 230 g/mol. The molecule has 0 amide bonds. The first-order chi connectivity index (χ1) is 7.80. The third-order valence-corrected chi connectivity index (χ3v) is 3.39. The molecule has 0 saturated carbocycles. The first-order valence-electron chi connectivity index (χ1n) is 5.57. The molecule has 4 heteroatoms. The summed E-state index contributed by atoms with van der Waals surface area (Å²) in [4.78, 5) is 0. The lowest BCUT2D eigenvalue weighted by Crippen LogP contribution is -2.37. The van der Waals surface area contributed by atoms with Crippen LogP contribution in [0.4, 0.5) is 0 Å². The number of ether oxygens (including phenoxy) is 1. The Hall–Kier alpha value is -1.31. The molecule has 0 saturated heterocycles. The van der Waals surface area contributed by atoms with E-state index in [1.807, 2.05) is 31.2 Å². The predicted octanol–water partition coefficient (Wildman–Crippen LogP) is 3.29. The number of hydrogen-bond donors (Lipinski definition) is 0. The highest BCUT2D eigenvalue weighted by Crippen LogP contribution is 2.29. The molecule has 0 fully saturated rings. The zero-order valence-electron chi connectivity index (χ0n) is 11.1. The highest BCUT2D eigenvalue weighted by molar-refractivity contribution is 6.69. The van der Waals surface area contributed by atoms with Crippen molar-refractivity contribution in [2.75, 3.05) is 7.11 Å². The van der Waals surface area contributed by atoms with Crippen LogP contribution in [0.3, 0.4) is 0 Å². The van der Waals surface area contributed by atoms with Gasteiger partial charge in [0.1, 0.15) is 11.8 Å². The summed E-state index contributed by atoms with van der Waals surface area (Å²) in [7, 11) is -0.150. The third kappa shape index (κ3) is 3.58. The molecule has 0 radical (unpaired) electrons. The van der Waals surface area contributed by atoms with Crippen LogP contribution < -0.4 is 4.74 Å². The van der Waals surface area contributed by atoms with Gasteiger partial charge in [-0.05, 0) is 44.3 Å². The SMILES string of the molecule is COc1ccc(C(C)(C#N)O[Si](C)(C)C)cc1. The van der Waals surface area contributed by atoms with Gasteiger partial charge in [-0.3, -0.25) is 0 Å². The predicted molar refractivity (Wildman–Crippen MR) is 70.4 cm³/mol. The number of nitrogens with zero attached hydrogens (tertiary/aromatic N) is 1. The van der Waals surface area contributed by atoms with Gasteiger partial charge in [-0.25, -0.2) is 0 Å². The van der Waals surface area contributed by atoms with Crippen LogP contribution in [0, 0.1) is 11.3 Å². The van der Waals surface area contributed by atoms with E-state index in [0.717, 1.165) is 11.3 Å². The Morgan fingerprint density at radius 3 is 2.06 bits per heavy atom. The van der Waals surface area contributed by atoms with Gasteiger partial charge in [0.2, 0.25) is 0 Å². The molecule has 0 aliphatic carbocycles. The molecule has 17 heavy (non-hydrogen) atoms. The van der Waals surface area contributed by atoms with E-state index in [1.54, 1.807) is 7.11 Å². The Morgan fingerprint density at radius 2 is 1.71 bits per heavy atom. The number of nitriles is 1. The first-order valence-corrected chi connectivity index (χ1v) is 8.97. The van der Waals surface area contributed by atoms with Gasteiger partial charge in [-0.15, -0.1) is 0 Å². The van der Waals surface area contributed by atoms with Gasteiger partial charge >= 0.3 is 0 Å². The van der Waals surface area contributed by atoms with Gasteiger partial charge in [-0.1, -0.05) is 12.1 Å². The summed E-state index contributed by atoms with van der Waals surface area (Å²) in [5.74, 6) is 0.780. The Labute approximate surface area is 104 Å². The fraction of sp³-hybridized carbons (Fsp3) is 0.462. The second kappa shape index (κ2) is 4.90. The smallest absolute Gasteiger partial charge is 0.186 e. The van der Waals surface area contributed by atoms with Crippen molar-refractivity contribution in [1.82, 2.24) is 0 Å². The molecule has 1 aromatic rings. The minimum Gasteiger partial charge on any atom is -0.497 e. The van der Waals surface area contributed by atoms with E-state index in [-0.39, 0.29) is 0 Å². The molecule has 0 heterocycles. The Morgan fingerprint density at radius 1 is 1.18 bits per heavy atom. The van der Waals surface area contributed by atoms with Crippen LogP contribution in [0.15, 0.2) is 24.3 Å². The van der Waals surface area contributed by atoms with Crippen LogP contribution in [0.2, 0.25) is 19.6 Å². The van der Waals surface area contributed by atoms with Crippen molar-refractivity contribution in [3.63, 3.8) is 0 Å². The Balaban J connectivity index is 3.04. The maximum atomic E-state index is 9.34. The molecule has 0 bridgehead atoms. The second-order valence-electron chi connectivity index (χ2n) is 5.09. The summed E-state index contributed by atoms with van der Waals surface area (Å²) in [5, 5.41) is 9.34. The minimum atomic E-state index is -1.77. The highest BCUT2D eigenvalue weighted by atomic mass is 28.4. The molecule has 1 unspecified atom stereocenters. The lowest BCUT2D eigenvalue weighted by Gasteiger charge is -2.30. The zero-order chi connectivity index (χ0) is 13.1. The number of benzene rings is 1. The molecular formula is C13H19NO2Si. The number of rotatable bonds is 4. The first kappa shape index (κ1) is 13.8. The van der Waals surface area contributed by atoms with Crippen molar-refractivity contribution in [3.8, 4) is 11.8 Å². The summed E-state index contributed by atoms with van der Waals surface area (Å²) in [6, 6.07) is 9.71. The Kier molecular flexibility index (Phi) is 3.97. The molecule has 1 atom stereocenters. The zero-order valence-corrected chi connectivity index (χ0v) is 12.1. The van der Waals surface area contributed by atoms with Crippen molar-refractivity contribution in [1.29, 1.82) is 5.26 Å². The lowest BCUT2D eigenvalue weighted by molar-refractivity contribution is 0.141. The van der Waals surface area contributed by atoms with Gasteiger partial charge < -0.3 is 9.16 Å². The van der Waals surface area contributed by atoms with Crippen LogP contribution in [0.1, 0.15) is 12.5 Å². The molecule has 0 N–H and O–H groups in total. The molecule has 3 nitrogen and oxygen atoms in total. The van der Waals surface area contributed by atoms with E-state index < -0.39 is 13.9 Å². The van der Waals surface area contributed by atoms with Crippen LogP contribution in [0.25, 0.3) is 0 Å². The van der Waals surface area contributed by atoms with Crippen LogP contribution in [-0.2, 0) is 10.0 Å². The van der Waals surface area contributed by atoms with Crippen molar-refractivity contribution < 1.29 is 9.16 Å². The molecule has 0 aliphatic rings. The van der Waals surface area contributed by atoms with Gasteiger partial charge in [0.15, 0.2) is 13.9 Å². The summed E-state index contributed by atoms with van der Waals surface area (Å²) in [5.41, 5.74) is -0.0141. The van der Waals surface area contributed by atoms with E-state index in [4.69, 9.17) is 9.16 Å². The maximum absolute atomic E-state index is 9.34. The van der Waals surface area contributed by atoms with Crippen LogP contribution >= 0.6 is 0 Å². The monoisotopic (exact) mass is 249 g/mol. The summed E-state index contributed by atoms with van der Waals surface area (Å²) >= 11 is 0. The van der Waals surface area contributed by atoms with Gasteiger partial charge in [0.25, 0.3) is 0 Å². The standard InChI is InChI=1S/C13H19NO2Si/c1-13(10-14,16-17(3,4)5)11-6-8-12(15-2)9-7-11/h6-9H,1-5H3. The topological polar surface area (TPSA) is 42.2 Å². The van der Waals surface area contributed by atoms with Crippen molar-refractivity contribution in [2.24, 2.45) is 0 Å². The van der Waals surface area contributed by atoms with E-state index in [9.17, 15) is 5.26 Å². The fourth-order valence-corrected chi connectivity index (χ4v) is 3.06. The second-order valence-corrected chi connectivity index (χ2v) is 9.52. The van der Waals surface area contributed by atoms with E-state index in [0.29, 0.717) is 0 Å². The summed E-state index contributed by atoms with van der Waals surface area (Å²) in [6.07, 6.45) is 0. The van der Waals surface area contributed by atoms with E-state index in [2.05, 4.69) is 25.7 Å². The quantitative estimate of drug-likeness (QED) is 0.769. The molecule has 1 rings (SSSR count). The number of methoxy groups -OCH3 is 1. The minimum absolute atomic E-state index is 0.780. The maximum Gasteiger partial charge on any atom is 0.186 e. The average molecular weight is 249 g/mol. The van der Waals surface area contributed by atoms with Gasteiger partial charge in [0, 0.05) is 0 Å². The average Bonchev–Trinajstić information content (AvgIpc) is 2.27. The largest absolute Gasteiger partial charge is 0.497 e. The molecule has 0 aliphatic heterocycles. The highest BCUT2D eigenvalue weighted by Gasteiger charge is 2.33. The van der Waals surface area contributed by atoms with Crippen molar-refractivity contribution in [3.05, 3.63) is 29.8 Å². The normalized spacial score (nSPS) is 14.8. The lowest BCUT2D eigenvalue weighted by atomic mass is 9.98. The number of hydrogen-bond acceptors (Lipinski definition) is 3. The van der Waals surface area contributed by atoms with Crippen molar-refractivity contribution in [2.45, 2.75) is 32.2 Å². The van der Waals surface area contributed by atoms with Gasteiger partial charge in [0.05, 0.1) is 7.11 Å². The summed E-state index contributed by atoms with van der Waals surface area (Å²) in [6.45, 7) is 8.04. The van der Waals surface area contributed by atoms with Crippen LogP contribution in [-0.4, -0.2) is 15.4 Å². The van der Waals surface area contributed by atoms with E-state index in [1.165, 1.54) is 0 Å².